The SMILES string of the molecule is C=CCNC(=S)N1CCN(Cc2cnn(CC)c2C)CC1. The molecular weight excluding hydrogens is 282 g/mol. The van der Waals surface area contributed by atoms with E-state index in [9.17, 15) is 0 Å². The number of aromatic nitrogens is 2. The van der Waals surface area contributed by atoms with Gasteiger partial charge in [0, 0.05) is 57.1 Å². The molecule has 21 heavy (non-hydrogen) atoms. The second-order valence-corrected chi connectivity index (χ2v) is 5.70. The van der Waals surface area contributed by atoms with Gasteiger partial charge in [0.25, 0.3) is 0 Å². The minimum absolute atomic E-state index is 0.731. The molecule has 1 N–H and O–H groups in total. The molecule has 1 aromatic heterocycles. The summed E-state index contributed by atoms with van der Waals surface area (Å²) in [6.45, 7) is 14.6. The zero-order chi connectivity index (χ0) is 15.2. The molecule has 0 spiro atoms. The van der Waals surface area contributed by atoms with Crippen LogP contribution in [-0.2, 0) is 13.1 Å². The van der Waals surface area contributed by atoms with E-state index in [4.69, 9.17) is 12.2 Å². The number of hydrogen-bond donors (Lipinski definition) is 1. The first kappa shape index (κ1) is 16.0. The van der Waals surface area contributed by atoms with Gasteiger partial charge >= 0.3 is 0 Å². The molecule has 0 atom stereocenters. The molecule has 0 aromatic carbocycles. The van der Waals surface area contributed by atoms with Gasteiger partial charge in [-0.2, -0.15) is 5.10 Å². The Morgan fingerprint density at radius 1 is 1.43 bits per heavy atom. The number of nitrogens with zero attached hydrogens (tertiary/aromatic N) is 4. The topological polar surface area (TPSA) is 36.3 Å². The van der Waals surface area contributed by atoms with E-state index in [1.54, 1.807) is 0 Å². The van der Waals surface area contributed by atoms with Gasteiger partial charge in [-0.05, 0) is 26.1 Å². The Morgan fingerprint density at radius 3 is 2.71 bits per heavy atom. The number of hydrogen-bond acceptors (Lipinski definition) is 3. The summed E-state index contributed by atoms with van der Waals surface area (Å²) in [6.07, 6.45) is 3.83. The first-order valence-electron chi connectivity index (χ1n) is 7.53. The molecule has 2 rings (SSSR count). The maximum atomic E-state index is 5.38. The smallest absolute Gasteiger partial charge is 0.169 e. The highest BCUT2D eigenvalue weighted by atomic mass is 32.1. The highest BCUT2D eigenvalue weighted by molar-refractivity contribution is 7.80. The van der Waals surface area contributed by atoms with Crippen LogP contribution in [0.25, 0.3) is 0 Å². The van der Waals surface area contributed by atoms with Gasteiger partial charge in [-0.25, -0.2) is 0 Å². The summed E-state index contributed by atoms with van der Waals surface area (Å²) in [5.41, 5.74) is 2.61. The average Bonchev–Trinajstić information content (AvgIpc) is 2.86. The molecule has 5 nitrogen and oxygen atoms in total. The fourth-order valence-electron chi connectivity index (χ4n) is 2.58. The largest absolute Gasteiger partial charge is 0.359 e. The van der Waals surface area contributed by atoms with Gasteiger partial charge < -0.3 is 10.2 Å². The second kappa shape index (κ2) is 7.56. The van der Waals surface area contributed by atoms with Gasteiger partial charge in [-0.15, -0.1) is 6.58 Å². The van der Waals surface area contributed by atoms with E-state index in [-0.39, 0.29) is 0 Å². The summed E-state index contributed by atoms with van der Waals surface area (Å²) in [7, 11) is 0. The quantitative estimate of drug-likeness (QED) is 0.657. The van der Waals surface area contributed by atoms with Gasteiger partial charge in [0.2, 0.25) is 0 Å². The molecular formula is C15H25N5S. The van der Waals surface area contributed by atoms with Gasteiger partial charge in [-0.1, -0.05) is 6.08 Å². The summed E-state index contributed by atoms with van der Waals surface area (Å²) in [5.74, 6) is 0. The van der Waals surface area contributed by atoms with Crippen molar-refractivity contribution in [3.05, 3.63) is 30.1 Å². The minimum Gasteiger partial charge on any atom is -0.359 e. The van der Waals surface area contributed by atoms with Crippen LogP contribution in [-0.4, -0.2) is 57.4 Å². The summed E-state index contributed by atoms with van der Waals surface area (Å²) < 4.78 is 2.06. The molecule has 0 unspecified atom stereocenters. The van der Waals surface area contributed by atoms with Gasteiger partial charge in [-0.3, -0.25) is 9.58 Å². The van der Waals surface area contributed by atoms with E-state index >= 15 is 0 Å². The molecule has 0 saturated carbocycles. The van der Waals surface area contributed by atoms with Crippen LogP contribution in [0.1, 0.15) is 18.2 Å². The van der Waals surface area contributed by atoms with E-state index in [0.29, 0.717) is 0 Å². The van der Waals surface area contributed by atoms with E-state index in [0.717, 1.165) is 50.9 Å². The van der Waals surface area contributed by atoms with Crippen molar-refractivity contribution < 1.29 is 0 Å². The Balaban J connectivity index is 1.82. The predicted molar refractivity (Wildman–Crippen MR) is 90.3 cm³/mol. The minimum atomic E-state index is 0.731. The summed E-state index contributed by atoms with van der Waals surface area (Å²) in [5, 5.41) is 8.45. The molecule has 0 bridgehead atoms. The van der Waals surface area contributed by atoms with E-state index in [1.165, 1.54) is 11.3 Å². The van der Waals surface area contributed by atoms with Crippen LogP contribution in [0.3, 0.4) is 0 Å². The lowest BCUT2D eigenvalue weighted by atomic mass is 10.2. The molecule has 1 aliphatic rings. The van der Waals surface area contributed by atoms with Crippen LogP contribution in [0.5, 0.6) is 0 Å². The van der Waals surface area contributed by atoms with Crippen molar-refractivity contribution in [3.8, 4) is 0 Å². The third-order valence-corrected chi connectivity index (χ3v) is 4.36. The Labute approximate surface area is 132 Å². The lowest BCUT2D eigenvalue weighted by Gasteiger charge is -2.36. The molecule has 1 fully saturated rings. The molecule has 1 aromatic rings. The number of aryl methyl sites for hydroxylation is 1. The van der Waals surface area contributed by atoms with Gasteiger partial charge in [0.15, 0.2) is 5.11 Å². The number of thiocarbonyl (C=S) groups is 1. The third kappa shape index (κ3) is 4.04. The molecule has 0 aliphatic carbocycles. The van der Waals surface area contributed by atoms with Crippen molar-refractivity contribution in [3.63, 3.8) is 0 Å². The summed E-state index contributed by atoms with van der Waals surface area (Å²) in [4.78, 5) is 4.70. The molecule has 0 radical (unpaired) electrons. The molecule has 6 heteroatoms. The van der Waals surface area contributed by atoms with Crippen LogP contribution in [0, 0.1) is 6.92 Å². The van der Waals surface area contributed by atoms with Crippen molar-refractivity contribution in [2.24, 2.45) is 0 Å². The van der Waals surface area contributed by atoms with Crippen molar-refractivity contribution in [2.45, 2.75) is 26.9 Å². The van der Waals surface area contributed by atoms with Crippen LogP contribution in [0.15, 0.2) is 18.9 Å². The highest BCUT2D eigenvalue weighted by Gasteiger charge is 2.19. The van der Waals surface area contributed by atoms with Crippen molar-refractivity contribution in [2.75, 3.05) is 32.7 Å². The maximum Gasteiger partial charge on any atom is 0.169 e. The normalized spacial score (nSPS) is 16.0. The Hall–Kier alpha value is -1.40. The second-order valence-electron chi connectivity index (χ2n) is 5.31. The maximum absolute atomic E-state index is 5.38. The highest BCUT2D eigenvalue weighted by Crippen LogP contribution is 2.12. The molecule has 0 amide bonds. The molecule has 2 heterocycles. The summed E-state index contributed by atoms with van der Waals surface area (Å²) >= 11 is 5.38. The Bertz CT molecular complexity index is 488. The lowest BCUT2D eigenvalue weighted by molar-refractivity contribution is 0.174. The van der Waals surface area contributed by atoms with E-state index < -0.39 is 0 Å². The molecule has 1 aliphatic heterocycles. The van der Waals surface area contributed by atoms with E-state index in [1.807, 2.05) is 12.3 Å². The fraction of sp³-hybridized carbons (Fsp3) is 0.600. The van der Waals surface area contributed by atoms with Crippen molar-refractivity contribution >= 4 is 17.3 Å². The Kier molecular flexibility index (Phi) is 5.76. The number of nitrogens with one attached hydrogen (secondary N) is 1. The predicted octanol–water partition coefficient (Wildman–Crippen LogP) is 1.39. The monoisotopic (exact) mass is 307 g/mol. The van der Waals surface area contributed by atoms with Crippen LogP contribution in [0.4, 0.5) is 0 Å². The Morgan fingerprint density at radius 2 is 2.14 bits per heavy atom. The van der Waals surface area contributed by atoms with Crippen molar-refractivity contribution in [1.82, 2.24) is 24.9 Å². The third-order valence-electron chi connectivity index (χ3n) is 3.96. The zero-order valence-electron chi connectivity index (χ0n) is 13.0. The zero-order valence-corrected chi connectivity index (χ0v) is 13.8. The average molecular weight is 307 g/mol. The van der Waals surface area contributed by atoms with Crippen LogP contribution in [0.2, 0.25) is 0 Å². The van der Waals surface area contributed by atoms with Gasteiger partial charge in [0.05, 0.1) is 6.20 Å². The molecule has 1 saturated heterocycles. The number of piperazine rings is 1. The fourth-order valence-corrected chi connectivity index (χ4v) is 2.85. The first-order valence-corrected chi connectivity index (χ1v) is 7.93. The summed E-state index contributed by atoms with van der Waals surface area (Å²) in [6, 6.07) is 0. The van der Waals surface area contributed by atoms with E-state index in [2.05, 4.69) is 45.3 Å². The standard InChI is InChI=1S/C15H25N5S/c1-4-6-16-15(21)19-9-7-18(8-10-19)12-14-11-17-20(5-2)13(14)3/h4,11H,1,5-10,12H2,2-3H3,(H,16,21). The van der Waals surface area contributed by atoms with Crippen LogP contribution < -0.4 is 5.32 Å². The van der Waals surface area contributed by atoms with Gasteiger partial charge in [0.1, 0.15) is 0 Å². The molecule has 116 valence electrons. The lowest BCUT2D eigenvalue weighted by Crippen LogP contribution is -2.51. The number of rotatable bonds is 5. The van der Waals surface area contributed by atoms with Crippen molar-refractivity contribution in [1.29, 1.82) is 0 Å². The van der Waals surface area contributed by atoms with Crippen LogP contribution >= 0.6 is 12.2 Å². The first-order chi connectivity index (χ1) is 10.2.